The van der Waals surface area contributed by atoms with E-state index >= 15 is 0 Å². The molecule has 0 spiro atoms. The molecule has 4 aromatic rings. The molecule has 1 aliphatic rings. The van der Waals surface area contributed by atoms with Gasteiger partial charge in [0.1, 0.15) is 11.6 Å². The highest BCUT2D eigenvalue weighted by molar-refractivity contribution is 6.30. The van der Waals surface area contributed by atoms with Gasteiger partial charge in [0.15, 0.2) is 23.6 Å². The van der Waals surface area contributed by atoms with Crippen LogP contribution in [0, 0.1) is 6.92 Å². The van der Waals surface area contributed by atoms with E-state index in [2.05, 4.69) is 19.9 Å². The molecule has 0 saturated carbocycles. The monoisotopic (exact) mass is 477 g/mol. The van der Waals surface area contributed by atoms with Crippen molar-refractivity contribution in [1.82, 2.24) is 24.8 Å². The Morgan fingerprint density at radius 1 is 1.03 bits per heavy atom. The number of H-pyrrole nitrogens is 1. The highest BCUT2D eigenvalue weighted by Gasteiger charge is 2.25. The van der Waals surface area contributed by atoms with Crippen LogP contribution in [0.2, 0.25) is 5.02 Å². The molecule has 0 unspecified atom stereocenters. The van der Waals surface area contributed by atoms with Gasteiger partial charge in [-0.25, -0.2) is 4.98 Å². The maximum absolute atomic E-state index is 12.6. The molecule has 0 radical (unpaired) electrons. The number of aromatic nitrogens is 4. The van der Waals surface area contributed by atoms with Gasteiger partial charge in [-0.1, -0.05) is 41.4 Å². The number of anilines is 2. The van der Waals surface area contributed by atoms with Crippen LogP contribution in [0.4, 0.5) is 11.8 Å². The summed E-state index contributed by atoms with van der Waals surface area (Å²) in [5, 5.41) is 0.622. The maximum atomic E-state index is 12.6. The number of halogens is 1. The number of benzene rings is 2. The van der Waals surface area contributed by atoms with Gasteiger partial charge < -0.3 is 25.3 Å². The van der Waals surface area contributed by atoms with E-state index in [0.717, 1.165) is 5.56 Å². The summed E-state index contributed by atoms with van der Waals surface area (Å²) >= 11 is 5.89. The lowest BCUT2D eigenvalue weighted by Crippen LogP contribution is -2.50. The smallest absolute Gasteiger partial charge is 0.260 e. The highest BCUT2D eigenvalue weighted by atomic mass is 35.5. The number of hydrogen-bond donors (Lipinski definition) is 2. The average molecular weight is 478 g/mol. The zero-order valence-corrected chi connectivity index (χ0v) is 19.4. The van der Waals surface area contributed by atoms with Crippen LogP contribution in [0.3, 0.4) is 0 Å². The van der Waals surface area contributed by atoms with Crippen LogP contribution in [-0.2, 0) is 4.79 Å². The van der Waals surface area contributed by atoms with Gasteiger partial charge >= 0.3 is 0 Å². The van der Waals surface area contributed by atoms with Crippen molar-refractivity contribution >= 4 is 40.4 Å². The third-order valence-corrected chi connectivity index (χ3v) is 6.03. The summed E-state index contributed by atoms with van der Waals surface area (Å²) in [5.41, 5.74) is 9.38. The summed E-state index contributed by atoms with van der Waals surface area (Å²) in [7, 11) is 0. The Morgan fingerprint density at radius 2 is 1.74 bits per heavy atom. The lowest BCUT2D eigenvalue weighted by atomic mass is 10.1. The second kappa shape index (κ2) is 9.18. The Balaban J connectivity index is 1.28. The van der Waals surface area contributed by atoms with E-state index in [1.807, 2.05) is 31.2 Å². The topological polar surface area (TPSA) is 113 Å². The van der Waals surface area contributed by atoms with Gasteiger partial charge in [-0.2, -0.15) is 9.97 Å². The third kappa shape index (κ3) is 4.60. The quantitative estimate of drug-likeness (QED) is 0.453. The van der Waals surface area contributed by atoms with E-state index < -0.39 is 0 Å². The Morgan fingerprint density at radius 3 is 2.44 bits per heavy atom. The molecule has 9 nitrogen and oxygen atoms in total. The molecule has 1 saturated heterocycles. The molecule has 34 heavy (non-hydrogen) atoms. The fourth-order valence-electron chi connectivity index (χ4n) is 3.91. The van der Waals surface area contributed by atoms with Gasteiger partial charge in [0, 0.05) is 36.8 Å². The van der Waals surface area contributed by atoms with E-state index in [1.54, 1.807) is 29.2 Å². The molecule has 0 bridgehead atoms. The standard InChI is InChI=1S/C24H24ClN7O2/c1-15-2-4-16(5-3-15)21-27-20-22(28-21)29-24(26)30-23(20)32-12-10-31(11-13-32)19(33)14-34-18-8-6-17(25)7-9-18/h2-9H,10-14H2,1H3,(H3,26,27,28,29,30). The summed E-state index contributed by atoms with van der Waals surface area (Å²) in [5.74, 6) is 2.10. The number of amides is 1. The van der Waals surface area contributed by atoms with Gasteiger partial charge in [0.05, 0.1) is 0 Å². The molecule has 10 heteroatoms. The van der Waals surface area contributed by atoms with Crippen molar-refractivity contribution in [2.75, 3.05) is 43.4 Å². The van der Waals surface area contributed by atoms with Crippen molar-refractivity contribution in [3.05, 3.63) is 59.1 Å². The van der Waals surface area contributed by atoms with Gasteiger partial charge in [-0.15, -0.1) is 0 Å². The second-order valence-electron chi connectivity index (χ2n) is 8.16. The van der Waals surface area contributed by atoms with Crippen LogP contribution < -0.4 is 15.4 Å². The Bertz CT molecular complexity index is 1310. The van der Waals surface area contributed by atoms with E-state index in [1.165, 1.54) is 5.56 Å². The first kappa shape index (κ1) is 22.0. The number of rotatable bonds is 5. The molecular formula is C24H24ClN7O2. The van der Waals surface area contributed by atoms with Gasteiger partial charge in [-0.3, -0.25) is 4.79 Å². The molecule has 0 aliphatic carbocycles. The summed E-state index contributed by atoms with van der Waals surface area (Å²) in [6, 6.07) is 15.0. The average Bonchev–Trinajstić information content (AvgIpc) is 3.27. The molecule has 174 valence electrons. The zero-order chi connectivity index (χ0) is 23.7. The van der Waals surface area contributed by atoms with Crippen molar-refractivity contribution in [1.29, 1.82) is 0 Å². The summed E-state index contributed by atoms with van der Waals surface area (Å²) < 4.78 is 5.60. The minimum absolute atomic E-state index is 0.0222. The molecule has 1 fully saturated rings. The fraction of sp³-hybridized carbons (Fsp3) is 0.250. The van der Waals surface area contributed by atoms with Gasteiger partial charge in [0.25, 0.3) is 5.91 Å². The number of imidazole rings is 1. The molecule has 2 aromatic heterocycles. The molecule has 3 heterocycles. The summed E-state index contributed by atoms with van der Waals surface area (Å²) in [6.07, 6.45) is 0. The number of nitrogens with two attached hydrogens (primary N) is 1. The normalized spacial score (nSPS) is 13.9. The Hall–Kier alpha value is -3.85. The minimum Gasteiger partial charge on any atom is -0.484 e. The maximum Gasteiger partial charge on any atom is 0.260 e. The van der Waals surface area contributed by atoms with Crippen LogP contribution in [0.5, 0.6) is 5.75 Å². The zero-order valence-electron chi connectivity index (χ0n) is 18.7. The molecular weight excluding hydrogens is 454 g/mol. The molecule has 5 rings (SSSR count). The Kier molecular flexibility index (Phi) is 5.93. The van der Waals surface area contributed by atoms with Crippen molar-refractivity contribution in [3.63, 3.8) is 0 Å². The van der Waals surface area contributed by atoms with Crippen LogP contribution in [0.15, 0.2) is 48.5 Å². The van der Waals surface area contributed by atoms with Crippen molar-refractivity contribution in [2.45, 2.75) is 6.92 Å². The SMILES string of the molecule is Cc1ccc(-c2nc3c(N4CCN(C(=O)COc5ccc(Cl)cc5)CC4)nc(N)nc3[nH]2)cc1. The number of aryl methyl sites for hydroxylation is 1. The van der Waals surface area contributed by atoms with E-state index in [9.17, 15) is 4.79 Å². The number of carbonyl (C=O) groups is 1. The Labute approximate surface area is 201 Å². The summed E-state index contributed by atoms with van der Waals surface area (Å²) in [6.45, 7) is 4.31. The molecule has 3 N–H and O–H groups in total. The minimum atomic E-state index is -0.0663. The number of nitrogens with zero attached hydrogens (tertiary/aromatic N) is 5. The number of fused-ring (bicyclic) bond motifs is 1. The van der Waals surface area contributed by atoms with E-state index in [0.29, 0.717) is 59.8 Å². The van der Waals surface area contributed by atoms with E-state index in [-0.39, 0.29) is 18.5 Å². The third-order valence-electron chi connectivity index (χ3n) is 5.78. The number of carbonyl (C=O) groups excluding carboxylic acids is 1. The predicted octanol–water partition coefficient (Wildman–Crippen LogP) is 3.29. The first-order valence-electron chi connectivity index (χ1n) is 11.0. The van der Waals surface area contributed by atoms with Crippen molar-refractivity contribution in [2.24, 2.45) is 0 Å². The predicted molar refractivity (Wildman–Crippen MR) is 132 cm³/mol. The first-order valence-corrected chi connectivity index (χ1v) is 11.4. The van der Waals surface area contributed by atoms with Crippen molar-refractivity contribution in [3.8, 4) is 17.1 Å². The number of nitrogens with one attached hydrogen (secondary N) is 1. The number of nitrogen functional groups attached to an aromatic ring is 1. The number of aromatic amines is 1. The van der Waals surface area contributed by atoms with E-state index in [4.69, 9.17) is 27.1 Å². The first-order chi connectivity index (χ1) is 16.5. The van der Waals surface area contributed by atoms with Gasteiger partial charge in [-0.05, 0) is 31.2 Å². The lowest BCUT2D eigenvalue weighted by molar-refractivity contribution is -0.133. The summed E-state index contributed by atoms with van der Waals surface area (Å²) in [4.78, 5) is 33.3. The van der Waals surface area contributed by atoms with Crippen LogP contribution in [0.1, 0.15) is 5.56 Å². The number of piperazine rings is 1. The molecule has 2 aromatic carbocycles. The number of hydrogen-bond acceptors (Lipinski definition) is 7. The van der Waals surface area contributed by atoms with Crippen LogP contribution in [-0.4, -0.2) is 63.5 Å². The lowest BCUT2D eigenvalue weighted by Gasteiger charge is -2.35. The largest absolute Gasteiger partial charge is 0.484 e. The molecule has 0 atom stereocenters. The van der Waals surface area contributed by atoms with Gasteiger partial charge in [0.2, 0.25) is 5.95 Å². The number of ether oxygens (including phenoxy) is 1. The highest BCUT2D eigenvalue weighted by Crippen LogP contribution is 2.27. The molecule has 1 aliphatic heterocycles. The fourth-order valence-corrected chi connectivity index (χ4v) is 4.03. The molecule has 1 amide bonds. The van der Waals surface area contributed by atoms with Crippen molar-refractivity contribution < 1.29 is 9.53 Å². The second-order valence-corrected chi connectivity index (χ2v) is 8.60. The van der Waals surface area contributed by atoms with Crippen LogP contribution in [0.25, 0.3) is 22.6 Å². The van der Waals surface area contributed by atoms with Crippen LogP contribution >= 0.6 is 11.6 Å².